The summed E-state index contributed by atoms with van der Waals surface area (Å²) in [5, 5.41) is 3.38. The molecular formula is C18H28N2O. The van der Waals surface area contributed by atoms with Crippen molar-refractivity contribution in [3.63, 3.8) is 0 Å². The molecule has 1 aromatic carbocycles. The van der Waals surface area contributed by atoms with Gasteiger partial charge in [0.15, 0.2) is 0 Å². The molecule has 1 aliphatic rings. The van der Waals surface area contributed by atoms with Crippen LogP contribution in [0.2, 0.25) is 0 Å². The molecule has 116 valence electrons. The molecule has 21 heavy (non-hydrogen) atoms. The quantitative estimate of drug-likeness (QED) is 0.837. The first-order valence-corrected chi connectivity index (χ1v) is 8.32. The Balaban J connectivity index is 1.72. The van der Waals surface area contributed by atoms with E-state index in [0.717, 1.165) is 39.0 Å². The molecule has 1 fully saturated rings. The number of piperidine rings is 1. The summed E-state index contributed by atoms with van der Waals surface area (Å²) in [6.07, 6.45) is 5.03. The van der Waals surface area contributed by atoms with Crippen LogP contribution in [-0.4, -0.2) is 37.0 Å². The van der Waals surface area contributed by atoms with Gasteiger partial charge in [0.1, 0.15) is 0 Å². The molecule has 0 aromatic heterocycles. The molecule has 0 aliphatic carbocycles. The van der Waals surface area contributed by atoms with Crippen LogP contribution in [0.1, 0.15) is 38.2 Å². The number of hydrogen-bond donors (Lipinski definition) is 1. The van der Waals surface area contributed by atoms with Crippen molar-refractivity contribution >= 4 is 5.91 Å². The van der Waals surface area contributed by atoms with E-state index in [1.807, 2.05) is 6.07 Å². The first kappa shape index (κ1) is 16.0. The summed E-state index contributed by atoms with van der Waals surface area (Å²) in [7, 11) is 0. The van der Waals surface area contributed by atoms with Gasteiger partial charge in [0.25, 0.3) is 0 Å². The molecule has 2 rings (SSSR count). The maximum absolute atomic E-state index is 12.3. The lowest BCUT2D eigenvalue weighted by Gasteiger charge is -2.29. The van der Waals surface area contributed by atoms with E-state index in [9.17, 15) is 4.79 Å². The van der Waals surface area contributed by atoms with Gasteiger partial charge in [-0.1, -0.05) is 30.3 Å². The largest absolute Gasteiger partial charge is 0.343 e. The minimum atomic E-state index is 0.326. The standard InChI is InChI=1S/C18H28N2O/c1-2-20(15-17-11-13-19-14-12-17)18(21)10-6-9-16-7-4-3-5-8-16/h3-5,7-8,17,19H,2,6,9-15H2,1H3. The highest BCUT2D eigenvalue weighted by atomic mass is 16.2. The molecule has 1 saturated heterocycles. The molecule has 1 N–H and O–H groups in total. The first-order chi connectivity index (χ1) is 10.3. The molecule has 3 nitrogen and oxygen atoms in total. The maximum Gasteiger partial charge on any atom is 0.222 e. The van der Waals surface area contributed by atoms with Crippen LogP contribution >= 0.6 is 0 Å². The summed E-state index contributed by atoms with van der Waals surface area (Å²) in [4.78, 5) is 14.4. The predicted octanol–water partition coefficient (Wildman–Crippen LogP) is 2.86. The van der Waals surface area contributed by atoms with Gasteiger partial charge in [-0.3, -0.25) is 4.79 Å². The van der Waals surface area contributed by atoms with Crippen molar-refractivity contribution in [2.75, 3.05) is 26.2 Å². The first-order valence-electron chi connectivity index (χ1n) is 8.32. The number of rotatable bonds is 7. The topological polar surface area (TPSA) is 32.3 Å². The van der Waals surface area contributed by atoms with E-state index in [4.69, 9.17) is 0 Å². The van der Waals surface area contributed by atoms with Gasteiger partial charge in [-0.25, -0.2) is 0 Å². The fraction of sp³-hybridized carbons (Fsp3) is 0.611. The number of carbonyl (C=O) groups is 1. The number of carbonyl (C=O) groups excluding carboxylic acids is 1. The highest BCUT2D eigenvalue weighted by molar-refractivity contribution is 5.76. The van der Waals surface area contributed by atoms with Crippen molar-refractivity contribution in [2.24, 2.45) is 5.92 Å². The zero-order chi connectivity index (χ0) is 14.9. The molecule has 0 bridgehead atoms. The van der Waals surface area contributed by atoms with E-state index in [1.54, 1.807) is 0 Å². The molecule has 1 aliphatic heterocycles. The van der Waals surface area contributed by atoms with E-state index in [0.29, 0.717) is 18.2 Å². The summed E-state index contributed by atoms with van der Waals surface area (Å²) in [6, 6.07) is 10.4. The number of amides is 1. The van der Waals surface area contributed by atoms with Gasteiger partial charge >= 0.3 is 0 Å². The van der Waals surface area contributed by atoms with Crippen LogP contribution in [-0.2, 0) is 11.2 Å². The summed E-state index contributed by atoms with van der Waals surface area (Å²) in [5.74, 6) is 1.01. The van der Waals surface area contributed by atoms with E-state index >= 15 is 0 Å². The summed E-state index contributed by atoms with van der Waals surface area (Å²) < 4.78 is 0. The van der Waals surface area contributed by atoms with Crippen LogP contribution in [0.5, 0.6) is 0 Å². The van der Waals surface area contributed by atoms with E-state index in [2.05, 4.69) is 41.4 Å². The Bertz CT molecular complexity index is 412. The summed E-state index contributed by atoms with van der Waals surface area (Å²) in [5.41, 5.74) is 1.33. The third-order valence-corrected chi connectivity index (χ3v) is 4.37. The Kier molecular flexibility index (Phi) is 6.74. The zero-order valence-corrected chi connectivity index (χ0v) is 13.2. The van der Waals surface area contributed by atoms with E-state index in [1.165, 1.54) is 18.4 Å². The molecule has 0 spiro atoms. The molecule has 0 atom stereocenters. The van der Waals surface area contributed by atoms with Crippen LogP contribution in [0, 0.1) is 5.92 Å². The molecule has 0 radical (unpaired) electrons. The van der Waals surface area contributed by atoms with Crippen molar-refractivity contribution in [2.45, 2.75) is 39.0 Å². The fourth-order valence-electron chi connectivity index (χ4n) is 3.03. The van der Waals surface area contributed by atoms with Crippen LogP contribution in [0.25, 0.3) is 0 Å². The maximum atomic E-state index is 12.3. The Morgan fingerprint density at radius 2 is 1.95 bits per heavy atom. The molecule has 0 unspecified atom stereocenters. The second kappa shape index (κ2) is 8.83. The molecule has 1 amide bonds. The third-order valence-electron chi connectivity index (χ3n) is 4.37. The molecule has 1 aromatic rings. The lowest BCUT2D eigenvalue weighted by Crippen LogP contribution is -2.39. The van der Waals surface area contributed by atoms with Gasteiger partial charge in [0, 0.05) is 19.5 Å². The van der Waals surface area contributed by atoms with Crippen molar-refractivity contribution < 1.29 is 4.79 Å². The number of aryl methyl sites for hydroxylation is 1. The third kappa shape index (κ3) is 5.50. The lowest BCUT2D eigenvalue weighted by molar-refractivity contribution is -0.131. The van der Waals surface area contributed by atoms with Gasteiger partial charge in [-0.05, 0) is 57.2 Å². The predicted molar refractivity (Wildman–Crippen MR) is 87.2 cm³/mol. The molecule has 1 heterocycles. The average molecular weight is 288 g/mol. The Morgan fingerprint density at radius 3 is 2.62 bits per heavy atom. The Morgan fingerprint density at radius 1 is 1.24 bits per heavy atom. The van der Waals surface area contributed by atoms with Gasteiger partial charge < -0.3 is 10.2 Å². The van der Waals surface area contributed by atoms with E-state index in [-0.39, 0.29) is 0 Å². The fourth-order valence-corrected chi connectivity index (χ4v) is 3.03. The minimum Gasteiger partial charge on any atom is -0.343 e. The SMILES string of the molecule is CCN(CC1CCNCC1)C(=O)CCCc1ccccc1. The van der Waals surface area contributed by atoms with Crippen LogP contribution < -0.4 is 5.32 Å². The van der Waals surface area contributed by atoms with Gasteiger partial charge in [0.2, 0.25) is 5.91 Å². The molecule has 3 heteroatoms. The van der Waals surface area contributed by atoms with E-state index < -0.39 is 0 Å². The molecule has 0 saturated carbocycles. The second-order valence-corrected chi connectivity index (χ2v) is 5.96. The monoisotopic (exact) mass is 288 g/mol. The van der Waals surface area contributed by atoms with Crippen molar-refractivity contribution in [1.29, 1.82) is 0 Å². The number of nitrogens with one attached hydrogen (secondary N) is 1. The number of nitrogens with zero attached hydrogens (tertiary/aromatic N) is 1. The summed E-state index contributed by atoms with van der Waals surface area (Å²) in [6.45, 7) is 6.08. The highest BCUT2D eigenvalue weighted by Gasteiger charge is 2.19. The van der Waals surface area contributed by atoms with Gasteiger partial charge in [-0.15, -0.1) is 0 Å². The Labute approximate surface area is 128 Å². The van der Waals surface area contributed by atoms with Crippen molar-refractivity contribution in [3.8, 4) is 0 Å². The van der Waals surface area contributed by atoms with Crippen LogP contribution in [0.4, 0.5) is 0 Å². The van der Waals surface area contributed by atoms with Gasteiger partial charge in [0.05, 0.1) is 0 Å². The zero-order valence-electron chi connectivity index (χ0n) is 13.2. The van der Waals surface area contributed by atoms with Crippen molar-refractivity contribution in [1.82, 2.24) is 10.2 Å². The van der Waals surface area contributed by atoms with Gasteiger partial charge in [-0.2, -0.15) is 0 Å². The average Bonchev–Trinajstić information content (AvgIpc) is 2.54. The minimum absolute atomic E-state index is 0.326. The smallest absolute Gasteiger partial charge is 0.222 e. The number of hydrogen-bond acceptors (Lipinski definition) is 2. The Hall–Kier alpha value is -1.35. The number of benzene rings is 1. The summed E-state index contributed by atoms with van der Waals surface area (Å²) >= 11 is 0. The normalized spacial score (nSPS) is 15.9. The second-order valence-electron chi connectivity index (χ2n) is 5.96. The molecular weight excluding hydrogens is 260 g/mol. The lowest BCUT2D eigenvalue weighted by atomic mass is 9.97. The van der Waals surface area contributed by atoms with Crippen molar-refractivity contribution in [3.05, 3.63) is 35.9 Å². The highest BCUT2D eigenvalue weighted by Crippen LogP contribution is 2.14. The van der Waals surface area contributed by atoms with Crippen LogP contribution in [0.15, 0.2) is 30.3 Å². The van der Waals surface area contributed by atoms with Crippen LogP contribution in [0.3, 0.4) is 0 Å².